The maximum absolute atomic E-state index is 12.8. The number of hydrogen-bond donors (Lipinski definition) is 1. The van der Waals surface area contributed by atoms with Gasteiger partial charge in [0.05, 0.1) is 7.11 Å². The Balaban J connectivity index is 1.66. The number of nitrogens with zero attached hydrogens (tertiary/aromatic N) is 2. The number of ether oxygens (including phenoxy) is 1. The van der Waals surface area contributed by atoms with Crippen LogP contribution in [0, 0.1) is 5.82 Å². The van der Waals surface area contributed by atoms with Gasteiger partial charge in [0.2, 0.25) is 11.0 Å². The summed E-state index contributed by atoms with van der Waals surface area (Å²) in [6.07, 6.45) is 2.96. The van der Waals surface area contributed by atoms with Crippen molar-refractivity contribution >= 4 is 28.6 Å². The van der Waals surface area contributed by atoms with Crippen molar-refractivity contribution in [3.05, 3.63) is 66.0 Å². The number of rotatable bonds is 5. The Morgan fingerprint density at radius 1 is 1.24 bits per heavy atom. The smallest absolute Gasteiger partial charge is 0.250 e. The first-order chi connectivity index (χ1) is 12.1. The Morgan fingerprint density at radius 2 is 2.04 bits per heavy atom. The maximum atomic E-state index is 12.8. The van der Waals surface area contributed by atoms with Gasteiger partial charge in [-0.2, -0.15) is 9.36 Å². The number of aromatic nitrogens is 2. The molecule has 0 saturated carbocycles. The first-order valence-electron chi connectivity index (χ1n) is 7.37. The van der Waals surface area contributed by atoms with Crippen molar-refractivity contribution in [1.82, 2.24) is 9.36 Å². The molecule has 0 radical (unpaired) electrons. The van der Waals surface area contributed by atoms with Crippen LogP contribution < -0.4 is 10.1 Å². The van der Waals surface area contributed by atoms with E-state index in [1.807, 2.05) is 24.3 Å². The first-order valence-corrected chi connectivity index (χ1v) is 8.14. The number of hydrogen-bond acceptors (Lipinski definition) is 5. The van der Waals surface area contributed by atoms with Crippen LogP contribution >= 0.6 is 11.5 Å². The molecule has 25 heavy (non-hydrogen) atoms. The summed E-state index contributed by atoms with van der Waals surface area (Å²) in [5.74, 6) is 0.569. The Kier molecular flexibility index (Phi) is 5.15. The highest BCUT2D eigenvalue weighted by Gasteiger charge is 2.09. The van der Waals surface area contributed by atoms with E-state index in [0.29, 0.717) is 16.7 Å². The minimum absolute atomic E-state index is 0.319. The normalized spacial score (nSPS) is 10.8. The molecule has 0 atom stereocenters. The van der Waals surface area contributed by atoms with Crippen molar-refractivity contribution in [2.45, 2.75) is 0 Å². The second-order valence-corrected chi connectivity index (χ2v) is 5.78. The lowest BCUT2D eigenvalue weighted by molar-refractivity contribution is -0.111. The zero-order chi connectivity index (χ0) is 17.6. The van der Waals surface area contributed by atoms with Gasteiger partial charge in [0.25, 0.3) is 0 Å². The number of carbonyl (C=O) groups is 1. The van der Waals surface area contributed by atoms with E-state index >= 15 is 0 Å². The molecule has 0 aliphatic heterocycles. The van der Waals surface area contributed by atoms with Crippen molar-refractivity contribution in [2.24, 2.45) is 0 Å². The van der Waals surface area contributed by atoms with Gasteiger partial charge in [-0.05, 0) is 35.9 Å². The van der Waals surface area contributed by atoms with E-state index in [-0.39, 0.29) is 11.7 Å². The summed E-state index contributed by atoms with van der Waals surface area (Å²) in [5.41, 5.74) is 1.53. The molecule has 1 N–H and O–H groups in total. The standard InChI is InChI=1S/C18H14FN3O2S/c1-24-15-4-2-3-13(11-15)17-21-18(25-22-17)20-16(23)10-7-12-5-8-14(19)9-6-12/h2-11H,1H3,(H,20,21,22,23). The Hall–Kier alpha value is -3.06. The maximum Gasteiger partial charge on any atom is 0.250 e. The minimum atomic E-state index is -0.335. The lowest BCUT2D eigenvalue weighted by Crippen LogP contribution is -2.07. The highest BCUT2D eigenvalue weighted by Crippen LogP contribution is 2.24. The number of amides is 1. The molecular weight excluding hydrogens is 341 g/mol. The molecule has 0 spiro atoms. The van der Waals surface area contributed by atoms with E-state index in [4.69, 9.17) is 4.74 Å². The topological polar surface area (TPSA) is 64.1 Å². The number of anilines is 1. The molecule has 5 nitrogen and oxygen atoms in total. The van der Waals surface area contributed by atoms with E-state index in [1.54, 1.807) is 25.3 Å². The molecule has 3 aromatic rings. The lowest BCUT2D eigenvalue weighted by Gasteiger charge is -2.00. The third-order valence-corrected chi connectivity index (χ3v) is 3.91. The van der Waals surface area contributed by atoms with Crippen LogP contribution in [0.4, 0.5) is 9.52 Å². The molecule has 0 aliphatic carbocycles. The van der Waals surface area contributed by atoms with Crippen LogP contribution in [0.15, 0.2) is 54.6 Å². The van der Waals surface area contributed by atoms with Crippen molar-refractivity contribution in [3.8, 4) is 17.1 Å². The van der Waals surface area contributed by atoms with E-state index < -0.39 is 0 Å². The van der Waals surface area contributed by atoms with Gasteiger partial charge in [0.15, 0.2) is 5.82 Å². The molecule has 126 valence electrons. The second-order valence-electron chi connectivity index (χ2n) is 5.03. The molecule has 0 saturated heterocycles. The van der Waals surface area contributed by atoms with Crippen molar-refractivity contribution in [1.29, 1.82) is 0 Å². The molecule has 3 rings (SSSR count). The molecular formula is C18H14FN3O2S. The van der Waals surface area contributed by atoms with Crippen LogP contribution in [-0.2, 0) is 4.79 Å². The summed E-state index contributed by atoms with van der Waals surface area (Å²) in [5, 5.41) is 3.05. The molecule has 0 fully saturated rings. The highest BCUT2D eigenvalue weighted by molar-refractivity contribution is 7.10. The Bertz CT molecular complexity index is 907. The van der Waals surface area contributed by atoms with E-state index in [0.717, 1.165) is 22.7 Å². The summed E-state index contributed by atoms with van der Waals surface area (Å²) in [6, 6.07) is 13.2. The van der Waals surface area contributed by atoms with Crippen LogP contribution in [0.2, 0.25) is 0 Å². The molecule has 1 heterocycles. The van der Waals surface area contributed by atoms with E-state index in [1.165, 1.54) is 18.2 Å². The average Bonchev–Trinajstić information content (AvgIpc) is 3.10. The highest BCUT2D eigenvalue weighted by atomic mass is 32.1. The fraction of sp³-hybridized carbons (Fsp3) is 0.0556. The summed E-state index contributed by atoms with van der Waals surface area (Å²) in [6.45, 7) is 0. The number of benzene rings is 2. The third kappa shape index (κ3) is 4.48. The Labute approximate surface area is 148 Å². The van der Waals surface area contributed by atoms with Crippen LogP contribution in [0.3, 0.4) is 0 Å². The number of methoxy groups -OCH3 is 1. The summed E-state index contributed by atoms with van der Waals surface area (Å²) in [7, 11) is 1.59. The SMILES string of the molecule is COc1cccc(-c2nsc(NC(=O)C=Cc3ccc(F)cc3)n2)c1. The van der Waals surface area contributed by atoms with Gasteiger partial charge >= 0.3 is 0 Å². The van der Waals surface area contributed by atoms with Crippen molar-refractivity contribution in [2.75, 3.05) is 12.4 Å². The van der Waals surface area contributed by atoms with Gasteiger partial charge in [-0.3, -0.25) is 10.1 Å². The largest absolute Gasteiger partial charge is 0.497 e. The number of halogens is 1. The summed E-state index contributed by atoms with van der Waals surface area (Å²) in [4.78, 5) is 16.2. The van der Waals surface area contributed by atoms with Gasteiger partial charge in [-0.1, -0.05) is 24.3 Å². The van der Waals surface area contributed by atoms with Crippen molar-refractivity contribution < 1.29 is 13.9 Å². The van der Waals surface area contributed by atoms with Crippen LogP contribution in [0.25, 0.3) is 17.5 Å². The molecule has 0 bridgehead atoms. The molecule has 0 aliphatic rings. The zero-order valence-electron chi connectivity index (χ0n) is 13.3. The fourth-order valence-electron chi connectivity index (χ4n) is 2.05. The van der Waals surface area contributed by atoms with Gasteiger partial charge in [-0.25, -0.2) is 4.39 Å². The zero-order valence-corrected chi connectivity index (χ0v) is 14.1. The Morgan fingerprint density at radius 3 is 2.80 bits per heavy atom. The van der Waals surface area contributed by atoms with E-state index in [2.05, 4.69) is 14.7 Å². The predicted octanol–water partition coefficient (Wildman–Crippen LogP) is 4.00. The third-order valence-electron chi connectivity index (χ3n) is 3.28. The number of carbonyl (C=O) groups excluding carboxylic acids is 1. The molecule has 7 heteroatoms. The second kappa shape index (κ2) is 7.67. The summed E-state index contributed by atoms with van der Waals surface area (Å²) >= 11 is 1.09. The fourth-order valence-corrected chi connectivity index (χ4v) is 2.64. The molecule has 1 amide bonds. The van der Waals surface area contributed by atoms with Gasteiger partial charge in [-0.15, -0.1) is 0 Å². The van der Waals surface area contributed by atoms with Gasteiger partial charge in [0, 0.05) is 23.2 Å². The quantitative estimate of drug-likeness (QED) is 0.703. The van der Waals surface area contributed by atoms with Crippen LogP contribution in [0.1, 0.15) is 5.56 Å². The molecule has 1 aromatic heterocycles. The van der Waals surface area contributed by atoms with Crippen molar-refractivity contribution in [3.63, 3.8) is 0 Å². The van der Waals surface area contributed by atoms with E-state index in [9.17, 15) is 9.18 Å². The monoisotopic (exact) mass is 355 g/mol. The average molecular weight is 355 g/mol. The van der Waals surface area contributed by atoms with Crippen LogP contribution in [-0.4, -0.2) is 22.4 Å². The number of nitrogens with one attached hydrogen (secondary N) is 1. The predicted molar refractivity (Wildman–Crippen MR) is 96.0 cm³/mol. The van der Waals surface area contributed by atoms with Gasteiger partial charge in [0.1, 0.15) is 11.6 Å². The molecule has 0 unspecified atom stereocenters. The lowest BCUT2D eigenvalue weighted by atomic mass is 10.2. The first kappa shape index (κ1) is 16.8. The van der Waals surface area contributed by atoms with Gasteiger partial charge < -0.3 is 4.74 Å². The summed E-state index contributed by atoms with van der Waals surface area (Å²) < 4.78 is 22.2. The minimum Gasteiger partial charge on any atom is -0.497 e. The molecule has 2 aromatic carbocycles. The van der Waals surface area contributed by atoms with Crippen LogP contribution in [0.5, 0.6) is 5.75 Å².